The minimum Gasteiger partial charge on any atom is -0.490 e. The molecule has 0 unspecified atom stereocenters. The molecular weight excluding hydrogens is 272 g/mol. The third-order valence-corrected chi connectivity index (χ3v) is 3.34. The van der Waals surface area contributed by atoms with E-state index >= 15 is 0 Å². The van der Waals surface area contributed by atoms with Crippen molar-refractivity contribution in [3.05, 3.63) is 45.6 Å². The normalized spacial score (nSPS) is 10.1. The molecule has 0 aliphatic heterocycles. The van der Waals surface area contributed by atoms with E-state index < -0.39 is 5.97 Å². The predicted octanol–water partition coefficient (Wildman–Crippen LogP) is 4.02. The Bertz CT molecular complexity index is 551. The fraction of sp³-hybridized carbons (Fsp3) is 0.154. The van der Waals surface area contributed by atoms with E-state index in [1.165, 1.54) is 11.3 Å². The molecule has 0 saturated heterocycles. The lowest BCUT2D eigenvalue weighted by Crippen LogP contribution is -2.07. The molecule has 0 N–H and O–H groups in total. The third kappa shape index (κ3) is 3.03. The van der Waals surface area contributed by atoms with Gasteiger partial charge in [-0.25, -0.2) is 4.79 Å². The van der Waals surface area contributed by atoms with E-state index in [2.05, 4.69) is 0 Å². The molecule has 0 radical (unpaired) electrons. The maximum atomic E-state index is 11.9. The van der Waals surface area contributed by atoms with Crippen molar-refractivity contribution in [2.45, 2.75) is 6.92 Å². The number of ether oxygens (including phenoxy) is 2. The summed E-state index contributed by atoms with van der Waals surface area (Å²) in [6.07, 6.45) is 0. The van der Waals surface area contributed by atoms with Gasteiger partial charge in [0.05, 0.1) is 10.9 Å². The van der Waals surface area contributed by atoms with Crippen LogP contribution in [0.15, 0.2) is 36.4 Å². The predicted molar refractivity (Wildman–Crippen MR) is 71.9 cm³/mol. The zero-order valence-corrected chi connectivity index (χ0v) is 11.3. The van der Waals surface area contributed by atoms with Gasteiger partial charge in [-0.05, 0) is 31.2 Å². The Morgan fingerprint density at radius 2 is 1.94 bits per heavy atom. The summed E-state index contributed by atoms with van der Waals surface area (Å²) in [4.78, 5) is 12.3. The van der Waals surface area contributed by atoms with E-state index in [-0.39, 0.29) is 0 Å². The molecule has 0 saturated carbocycles. The molecule has 0 aliphatic carbocycles. The van der Waals surface area contributed by atoms with Crippen molar-refractivity contribution in [1.29, 1.82) is 0 Å². The van der Waals surface area contributed by atoms with E-state index in [1.54, 1.807) is 30.3 Å². The molecule has 0 amide bonds. The smallest absolute Gasteiger partial charge is 0.353 e. The summed E-state index contributed by atoms with van der Waals surface area (Å²) in [6.45, 7) is 2.39. The standard InChI is InChI=1S/C13H11ClO3S/c1-2-16-9-5-3-4-6-10(9)17-13(15)11-7-8-12(14)18-11/h3-8H,2H2,1H3. The van der Waals surface area contributed by atoms with Gasteiger partial charge < -0.3 is 9.47 Å². The molecule has 1 aromatic heterocycles. The Morgan fingerprint density at radius 1 is 1.22 bits per heavy atom. The molecule has 0 bridgehead atoms. The fourth-order valence-corrected chi connectivity index (χ4v) is 2.30. The van der Waals surface area contributed by atoms with Crippen LogP contribution in [0.25, 0.3) is 0 Å². The monoisotopic (exact) mass is 282 g/mol. The van der Waals surface area contributed by atoms with Gasteiger partial charge in [-0.2, -0.15) is 0 Å². The fourth-order valence-electron chi connectivity index (χ4n) is 1.38. The maximum Gasteiger partial charge on any atom is 0.353 e. The molecule has 0 atom stereocenters. The van der Waals surface area contributed by atoms with Crippen LogP contribution in [-0.4, -0.2) is 12.6 Å². The van der Waals surface area contributed by atoms with Gasteiger partial charge in [0, 0.05) is 0 Å². The zero-order chi connectivity index (χ0) is 13.0. The van der Waals surface area contributed by atoms with E-state index in [0.717, 1.165) is 0 Å². The van der Waals surface area contributed by atoms with E-state index in [4.69, 9.17) is 21.1 Å². The summed E-state index contributed by atoms with van der Waals surface area (Å²) < 4.78 is 11.2. The molecule has 1 heterocycles. The first-order valence-corrected chi connectivity index (χ1v) is 6.59. The number of esters is 1. The number of halogens is 1. The van der Waals surface area contributed by atoms with Gasteiger partial charge in [-0.15, -0.1) is 11.3 Å². The van der Waals surface area contributed by atoms with Crippen LogP contribution in [0.1, 0.15) is 16.6 Å². The van der Waals surface area contributed by atoms with Crippen molar-refractivity contribution in [3.8, 4) is 11.5 Å². The van der Waals surface area contributed by atoms with Gasteiger partial charge >= 0.3 is 5.97 Å². The first-order chi connectivity index (χ1) is 8.70. The molecule has 0 fully saturated rings. The van der Waals surface area contributed by atoms with Crippen LogP contribution in [-0.2, 0) is 0 Å². The molecule has 3 nitrogen and oxygen atoms in total. The second-order valence-electron chi connectivity index (χ2n) is 3.37. The Balaban J connectivity index is 2.16. The lowest BCUT2D eigenvalue weighted by Gasteiger charge is -2.09. The maximum absolute atomic E-state index is 11.9. The Morgan fingerprint density at radius 3 is 2.56 bits per heavy atom. The molecule has 1 aromatic carbocycles. The van der Waals surface area contributed by atoms with Crippen molar-refractivity contribution in [3.63, 3.8) is 0 Å². The van der Waals surface area contributed by atoms with Crippen LogP contribution >= 0.6 is 22.9 Å². The third-order valence-electron chi connectivity index (χ3n) is 2.13. The number of thiophene rings is 1. The average molecular weight is 283 g/mol. The lowest BCUT2D eigenvalue weighted by molar-refractivity contribution is 0.0733. The molecule has 2 aromatic rings. The first-order valence-electron chi connectivity index (χ1n) is 5.40. The molecule has 2 rings (SSSR count). The molecule has 5 heteroatoms. The average Bonchev–Trinajstić information content (AvgIpc) is 2.79. The van der Waals surface area contributed by atoms with Crippen molar-refractivity contribution in [2.24, 2.45) is 0 Å². The number of hydrogen-bond donors (Lipinski definition) is 0. The molecular formula is C13H11ClO3S. The van der Waals surface area contributed by atoms with Gasteiger partial charge in [-0.3, -0.25) is 0 Å². The van der Waals surface area contributed by atoms with Gasteiger partial charge in [0.2, 0.25) is 0 Å². The second-order valence-corrected chi connectivity index (χ2v) is 5.09. The number of carbonyl (C=O) groups excluding carboxylic acids is 1. The number of carbonyl (C=O) groups is 1. The van der Waals surface area contributed by atoms with E-state index in [9.17, 15) is 4.79 Å². The summed E-state index contributed by atoms with van der Waals surface area (Å²) in [7, 11) is 0. The van der Waals surface area contributed by atoms with Crippen LogP contribution in [0.5, 0.6) is 11.5 Å². The van der Waals surface area contributed by atoms with Crippen molar-refractivity contribution in [1.82, 2.24) is 0 Å². The van der Waals surface area contributed by atoms with Gasteiger partial charge in [0.15, 0.2) is 11.5 Å². The quantitative estimate of drug-likeness (QED) is 0.628. The summed E-state index contributed by atoms with van der Waals surface area (Å²) in [5.41, 5.74) is 0. The first kappa shape index (κ1) is 12.9. The van der Waals surface area contributed by atoms with Crippen LogP contribution < -0.4 is 9.47 Å². The van der Waals surface area contributed by atoms with Gasteiger partial charge in [0.1, 0.15) is 4.88 Å². The molecule has 0 aliphatic rings. The highest BCUT2D eigenvalue weighted by Gasteiger charge is 2.13. The number of para-hydroxylation sites is 2. The number of hydrogen-bond acceptors (Lipinski definition) is 4. The lowest BCUT2D eigenvalue weighted by atomic mass is 10.3. The Labute approximate surface area is 114 Å². The largest absolute Gasteiger partial charge is 0.490 e. The van der Waals surface area contributed by atoms with E-state index in [1.807, 2.05) is 13.0 Å². The molecule has 18 heavy (non-hydrogen) atoms. The highest BCUT2D eigenvalue weighted by molar-refractivity contribution is 7.17. The van der Waals surface area contributed by atoms with Crippen molar-refractivity contribution >= 4 is 28.9 Å². The Hall–Kier alpha value is -1.52. The summed E-state index contributed by atoms with van der Waals surface area (Å²) in [5.74, 6) is 0.531. The van der Waals surface area contributed by atoms with Gasteiger partial charge in [0.25, 0.3) is 0 Å². The van der Waals surface area contributed by atoms with Crippen molar-refractivity contribution < 1.29 is 14.3 Å². The second kappa shape index (κ2) is 5.89. The highest BCUT2D eigenvalue weighted by Crippen LogP contribution is 2.29. The minimum absolute atomic E-state index is 0.411. The molecule has 94 valence electrons. The highest BCUT2D eigenvalue weighted by atomic mass is 35.5. The van der Waals surface area contributed by atoms with Crippen LogP contribution in [0.3, 0.4) is 0 Å². The van der Waals surface area contributed by atoms with Gasteiger partial charge in [-0.1, -0.05) is 23.7 Å². The minimum atomic E-state index is -0.431. The number of rotatable bonds is 4. The van der Waals surface area contributed by atoms with Crippen molar-refractivity contribution in [2.75, 3.05) is 6.61 Å². The van der Waals surface area contributed by atoms with E-state index in [0.29, 0.717) is 27.3 Å². The Kier molecular flexibility index (Phi) is 4.23. The topological polar surface area (TPSA) is 35.5 Å². The molecule has 0 spiro atoms. The van der Waals surface area contributed by atoms with Crippen LogP contribution in [0.4, 0.5) is 0 Å². The summed E-state index contributed by atoms with van der Waals surface area (Å²) in [6, 6.07) is 10.4. The number of benzene rings is 1. The zero-order valence-electron chi connectivity index (χ0n) is 9.68. The SMILES string of the molecule is CCOc1ccccc1OC(=O)c1ccc(Cl)s1. The summed E-state index contributed by atoms with van der Waals surface area (Å²) >= 11 is 6.96. The van der Waals surface area contributed by atoms with Crippen LogP contribution in [0, 0.1) is 0 Å². The van der Waals surface area contributed by atoms with Crippen LogP contribution in [0.2, 0.25) is 4.34 Å². The summed E-state index contributed by atoms with van der Waals surface area (Å²) in [5, 5.41) is 0.